The molecular weight excluding hydrogens is 373 g/mol. The summed E-state index contributed by atoms with van der Waals surface area (Å²) in [7, 11) is 0. The fraction of sp³-hybridized carbons (Fsp3) is 0.583. The molecule has 0 radical (unpaired) electrons. The van der Waals surface area contributed by atoms with Crippen molar-refractivity contribution in [1.29, 1.82) is 5.26 Å². The molecule has 0 aliphatic carbocycles. The zero-order chi connectivity index (χ0) is 22.3. The average molecular weight is 409 g/mol. The molecule has 162 valence electrons. The number of hydrogen-bond donors (Lipinski definition) is 0. The summed E-state index contributed by atoms with van der Waals surface area (Å²) in [4.78, 5) is 17.0. The van der Waals surface area contributed by atoms with Crippen molar-refractivity contribution in [3.8, 4) is 6.07 Å². The minimum atomic E-state index is -0.328. The summed E-state index contributed by atoms with van der Waals surface area (Å²) >= 11 is 0. The average Bonchev–Trinajstić information content (AvgIpc) is 3.17. The van der Waals surface area contributed by atoms with E-state index in [1.807, 2.05) is 12.1 Å². The van der Waals surface area contributed by atoms with E-state index >= 15 is 0 Å². The standard InChI is InChI=1S/C24H36BN3O2/c1-7-9-10-23(25-27(18(3)4)15-16-28(25)19(5)6)22(17-26)20-11-13-21(14-12-20)24(29)30-8-2/h11-14,18-19H,7-10,15-16H2,1-6H3/b23-22+. The van der Waals surface area contributed by atoms with Gasteiger partial charge < -0.3 is 14.4 Å². The Morgan fingerprint density at radius 1 is 1.07 bits per heavy atom. The highest BCUT2D eigenvalue weighted by molar-refractivity contribution is 6.63. The lowest BCUT2D eigenvalue weighted by molar-refractivity contribution is 0.0526. The number of carbonyl (C=O) groups is 1. The number of ether oxygens (including phenoxy) is 1. The van der Waals surface area contributed by atoms with E-state index in [1.165, 1.54) is 5.47 Å². The zero-order valence-corrected chi connectivity index (χ0v) is 19.4. The molecule has 0 atom stereocenters. The third-order valence-corrected chi connectivity index (χ3v) is 5.80. The molecule has 0 aromatic heterocycles. The van der Waals surface area contributed by atoms with Gasteiger partial charge in [-0.25, -0.2) is 4.79 Å². The van der Waals surface area contributed by atoms with Crippen molar-refractivity contribution in [3.05, 3.63) is 40.9 Å². The third kappa shape index (κ3) is 5.53. The van der Waals surface area contributed by atoms with Gasteiger partial charge in [0.15, 0.2) is 0 Å². The molecule has 30 heavy (non-hydrogen) atoms. The molecule has 1 aliphatic heterocycles. The number of unbranched alkanes of at least 4 members (excludes halogenated alkanes) is 1. The van der Waals surface area contributed by atoms with Crippen molar-refractivity contribution in [3.63, 3.8) is 0 Å². The van der Waals surface area contributed by atoms with Gasteiger partial charge in [0.2, 0.25) is 0 Å². The van der Waals surface area contributed by atoms with Gasteiger partial charge in [0.05, 0.1) is 23.8 Å². The second kappa shape index (κ2) is 11.3. The Balaban J connectivity index is 2.54. The van der Waals surface area contributed by atoms with E-state index in [0.717, 1.165) is 43.5 Å². The topological polar surface area (TPSA) is 56.6 Å². The van der Waals surface area contributed by atoms with Crippen molar-refractivity contribution >= 4 is 18.5 Å². The molecule has 0 spiro atoms. The summed E-state index contributed by atoms with van der Waals surface area (Å²) in [6.07, 6.45) is 3.03. The van der Waals surface area contributed by atoms with Gasteiger partial charge in [0.25, 0.3) is 0 Å². The lowest BCUT2D eigenvalue weighted by Crippen LogP contribution is -2.51. The molecule has 1 aromatic rings. The van der Waals surface area contributed by atoms with Gasteiger partial charge in [0.1, 0.15) is 0 Å². The van der Waals surface area contributed by atoms with Crippen LogP contribution in [0.5, 0.6) is 0 Å². The summed E-state index contributed by atoms with van der Waals surface area (Å²) in [6, 6.07) is 10.6. The van der Waals surface area contributed by atoms with Crippen LogP contribution in [0.2, 0.25) is 0 Å². The Bertz CT molecular complexity index is 765. The van der Waals surface area contributed by atoms with E-state index in [-0.39, 0.29) is 13.0 Å². The van der Waals surface area contributed by atoms with Gasteiger partial charge in [-0.2, -0.15) is 5.26 Å². The van der Waals surface area contributed by atoms with E-state index in [9.17, 15) is 10.1 Å². The maximum absolute atomic E-state index is 12.0. The van der Waals surface area contributed by atoms with Gasteiger partial charge in [-0.15, -0.1) is 0 Å². The first-order valence-corrected chi connectivity index (χ1v) is 11.3. The van der Waals surface area contributed by atoms with Crippen LogP contribution >= 0.6 is 0 Å². The van der Waals surface area contributed by atoms with Crippen LogP contribution in [0.4, 0.5) is 0 Å². The normalized spacial score (nSPS) is 16.2. The van der Waals surface area contributed by atoms with Crippen LogP contribution < -0.4 is 0 Å². The van der Waals surface area contributed by atoms with Gasteiger partial charge in [0, 0.05) is 13.1 Å². The third-order valence-electron chi connectivity index (χ3n) is 5.80. The fourth-order valence-corrected chi connectivity index (χ4v) is 4.21. The van der Waals surface area contributed by atoms with Gasteiger partial charge in [-0.3, -0.25) is 0 Å². The first-order valence-electron chi connectivity index (χ1n) is 11.3. The summed E-state index contributed by atoms with van der Waals surface area (Å²) in [5.74, 6) is -0.328. The van der Waals surface area contributed by atoms with E-state index in [2.05, 4.69) is 50.3 Å². The molecule has 2 rings (SSSR count). The molecule has 0 saturated carbocycles. The number of rotatable bonds is 9. The molecule has 1 aliphatic rings. The first-order chi connectivity index (χ1) is 14.3. The van der Waals surface area contributed by atoms with E-state index in [4.69, 9.17) is 4.74 Å². The number of nitrogens with zero attached hydrogens (tertiary/aromatic N) is 3. The maximum Gasteiger partial charge on any atom is 0.343 e. The molecule has 0 N–H and O–H groups in total. The smallest absolute Gasteiger partial charge is 0.343 e. The van der Waals surface area contributed by atoms with Crippen LogP contribution in [0.3, 0.4) is 0 Å². The molecule has 0 bridgehead atoms. The quantitative estimate of drug-likeness (QED) is 0.333. The minimum Gasteiger partial charge on any atom is -0.462 e. The molecule has 0 amide bonds. The maximum atomic E-state index is 12.0. The van der Waals surface area contributed by atoms with Crippen molar-refractivity contribution in [1.82, 2.24) is 9.62 Å². The van der Waals surface area contributed by atoms with Crippen molar-refractivity contribution < 1.29 is 9.53 Å². The highest BCUT2D eigenvalue weighted by atomic mass is 16.5. The van der Waals surface area contributed by atoms with E-state index < -0.39 is 0 Å². The van der Waals surface area contributed by atoms with Crippen LogP contribution in [0, 0.1) is 11.3 Å². The van der Waals surface area contributed by atoms with Crippen LogP contribution in [0.15, 0.2) is 29.7 Å². The number of nitriles is 1. The molecule has 1 fully saturated rings. The lowest BCUT2D eigenvalue weighted by atomic mass is 9.59. The minimum absolute atomic E-state index is 0.135. The molecule has 1 heterocycles. The van der Waals surface area contributed by atoms with Crippen molar-refractivity contribution in [2.75, 3.05) is 19.7 Å². The largest absolute Gasteiger partial charge is 0.462 e. The first kappa shape index (κ1) is 24.2. The van der Waals surface area contributed by atoms with Gasteiger partial charge in [-0.1, -0.05) is 59.6 Å². The number of carbonyl (C=O) groups excluding carboxylic acids is 1. The number of esters is 1. The van der Waals surface area contributed by atoms with E-state index in [0.29, 0.717) is 24.3 Å². The Hall–Kier alpha value is -2.10. The Kier molecular flexibility index (Phi) is 9.14. The highest BCUT2D eigenvalue weighted by Gasteiger charge is 2.42. The van der Waals surface area contributed by atoms with Crippen LogP contribution in [-0.2, 0) is 4.74 Å². The Morgan fingerprint density at radius 3 is 2.03 bits per heavy atom. The predicted molar refractivity (Wildman–Crippen MR) is 124 cm³/mol. The Morgan fingerprint density at radius 2 is 1.60 bits per heavy atom. The predicted octanol–water partition coefficient (Wildman–Crippen LogP) is 4.79. The number of benzene rings is 1. The Labute approximate surface area is 182 Å². The highest BCUT2D eigenvalue weighted by Crippen LogP contribution is 2.31. The number of hydrogen-bond acceptors (Lipinski definition) is 5. The zero-order valence-electron chi connectivity index (χ0n) is 19.4. The lowest BCUT2D eigenvalue weighted by Gasteiger charge is -2.34. The van der Waals surface area contributed by atoms with Crippen LogP contribution in [-0.4, -0.2) is 54.4 Å². The SMILES string of the molecule is CCCC/C(B1N(C(C)C)CCN1C(C)C)=C(/C#N)c1ccc(C(=O)OCC)cc1. The molecule has 5 nitrogen and oxygen atoms in total. The van der Waals surface area contributed by atoms with E-state index in [1.54, 1.807) is 19.1 Å². The monoisotopic (exact) mass is 409 g/mol. The summed E-state index contributed by atoms with van der Waals surface area (Å²) in [6.45, 7) is 15.4. The molecule has 1 aromatic carbocycles. The van der Waals surface area contributed by atoms with Gasteiger partial charge >= 0.3 is 13.0 Å². The van der Waals surface area contributed by atoms with Crippen molar-refractivity contribution in [2.45, 2.75) is 72.9 Å². The fourth-order valence-electron chi connectivity index (χ4n) is 4.21. The molecular formula is C24H36BN3O2. The number of allylic oxidation sites excluding steroid dienone is 2. The van der Waals surface area contributed by atoms with Crippen molar-refractivity contribution in [2.24, 2.45) is 0 Å². The van der Waals surface area contributed by atoms with Gasteiger partial charge in [-0.05, 0) is 48.6 Å². The molecule has 0 unspecified atom stereocenters. The second-order valence-electron chi connectivity index (χ2n) is 8.45. The second-order valence-corrected chi connectivity index (χ2v) is 8.45. The molecule has 6 heteroatoms. The summed E-state index contributed by atoms with van der Waals surface area (Å²) < 4.78 is 5.09. The summed E-state index contributed by atoms with van der Waals surface area (Å²) in [5.41, 5.74) is 3.32. The summed E-state index contributed by atoms with van der Waals surface area (Å²) in [5, 5.41) is 10.2. The van der Waals surface area contributed by atoms with Crippen LogP contribution in [0.25, 0.3) is 5.57 Å². The molecule has 1 saturated heterocycles. The van der Waals surface area contributed by atoms with Crippen LogP contribution in [0.1, 0.15) is 76.7 Å².